The first-order chi connectivity index (χ1) is 12.6. The number of fused-ring (bicyclic) bond motifs is 1. The second kappa shape index (κ2) is 6.61. The molecule has 0 radical (unpaired) electrons. The number of amides is 1. The molecule has 0 atom stereocenters. The van der Waals surface area contributed by atoms with Gasteiger partial charge in [-0.15, -0.1) is 11.3 Å². The Balaban J connectivity index is 1.64. The van der Waals surface area contributed by atoms with Crippen molar-refractivity contribution in [3.8, 4) is 17.0 Å². The van der Waals surface area contributed by atoms with Crippen molar-refractivity contribution >= 4 is 33.1 Å². The number of anilines is 1. The standard InChI is InChI=1S/C21H16N2O2S/c1-13-18(15-8-3-2-4-9-15)22-21(26-13)23-20(25)17-12-11-14-7-5-6-10-16(14)19(17)24/h2-12,24H,1H3,(H,22,23,25). The molecule has 5 heteroatoms. The predicted molar refractivity (Wildman–Crippen MR) is 106 cm³/mol. The molecule has 4 nitrogen and oxygen atoms in total. The van der Waals surface area contributed by atoms with E-state index in [9.17, 15) is 9.90 Å². The molecule has 0 spiro atoms. The molecule has 0 fully saturated rings. The second-order valence-electron chi connectivity index (χ2n) is 5.93. The fourth-order valence-electron chi connectivity index (χ4n) is 2.92. The summed E-state index contributed by atoms with van der Waals surface area (Å²) in [7, 11) is 0. The minimum absolute atomic E-state index is 0.0165. The van der Waals surface area contributed by atoms with Gasteiger partial charge >= 0.3 is 0 Å². The zero-order valence-corrected chi connectivity index (χ0v) is 14.9. The molecule has 0 saturated carbocycles. The third-order valence-corrected chi connectivity index (χ3v) is 5.10. The highest BCUT2D eigenvalue weighted by molar-refractivity contribution is 7.16. The summed E-state index contributed by atoms with van der Waals surface area (Å²) >= 11 is 1.42. The smallest absolute Gasteiger partial charge is 0.261 e. The molecule has 0 unspecified atom stereocenters. The van der Waals surface area contributed by atoms with Crippen LogP contribution in [0.15, 0.2) is 66.7 Å². The molecule has 1 heterocycles. The summed E-state index contributed by atoms with van der Waals surface area (Å²) < 4.78 is 0. The lowest BCUT2D eigenvalue weighted by atomic mass is 10.0. The fourth-order valence-corrected chi connectivity index (χ4v) is 3.75. The lowest BCUT2D eigenvalue weighted by molar-refractivity contribution is 0.102. The number of nitrogens with zero attached hydrogens (tertiary/aromatic N) is 1. The first-order valence-corrected chi connectivity index (χ1v) is 9.00. The van der Waals surface area contributed by atoms with Crippen LogP contribution in [0.1, 0.15) is 15.2 Å². The normalized spacial score (nSPS) is 10.8. The summed E-state index contributed by atoms with van der Waals surface area (Å²) in [6, 6.07) is 20.7. The first kappa shape index (κ1) is 16.3. The van der Waals surface area contributed by atoms with Crippen molar-refractivity contribution in [3.63, 3.8) is 0 Å². The van der Waals surface area contributed by atoms with Crippen LogP contribution in [0, 0.1) is 6.92 Å². The number of carbonyl (C=O) groups is 1. The van der Waals surface area contributed by atoms with E-state index in [0.717, 1.165) is 21.5 Å². The van der Waals surface area contributed by atoms with E-state index in [1.54, 1.807) is 12.1 Å². The quantitative estimate of drug-likeness (QED) is 0.526. The molecule has 0 aliphatic rings. The maximum Gasteiger partial charge on any atom is 0.261 e. The van der Waals surface area contributed by atoms with Crippen LogP contribution in [0.2, 0.25) is 0 Å². The van der Waals surface area contributed by atoms with E-state index >= 15 is 0 Å². The minimum Gasteiger partial charge on any atom is -0.506 e. The summed E-state index contributed by atoms with van der Waals surface area (Å²) in [6.07, 6.45) is 0. The lowest BCUT2D eigenvalue weighted by Crippen LogP contribution is -2.12. The highest BCUT2D eigenvalue weighted by Gasteiger charge is 2.17. The Bertz CT molecular complexity index is 1100. The molecule has 3 aromatic carbocycles. The zero-order valence-electron chi connectivity index (χ0n) is 14.1. The van der Waals surface area contributed by atoms with Crippen molar-refractivity contribution in [2.45, 2.75) is 6.92 Å². The van der Waals surface area contributed by atoms with E-state index < -0.39 is 0 Å². The van der Waals surface area contributed by atoms with Crippen LogP contribution in [-0.4, -0.2) is 16.0 Å². The number of hydrogen-bond acceptors (Lipinski definition) is 4. The van der Waals surface area contributed by atoms with Crippen LogP contribution in [0.25, 0.3) is 22.0 Å². The molecular formula is C21H16N2O2S. The van der Waals surface area contributed by atoms with E-state index in [4.69, 9.17) is 0 Å². The van der Waals surface area contributed by atoms with Gasteiger partial charge < -0.3 is 5.11 Å². The Morgan fingerprint density at radius 1 is 1.00 bits per heavy atom. The van der Waals surface area contributed by atoms with Crippen molar-refractivity contribution in [2.75, 3.05) is 5.32 Å². The van der Waals surface area contributed by atoms with Crippen LogP contribution in [0.4, 0.5) is 5.13 Å². The van der Waals surface area contributed by atoms with Gasteiger partial charge in [0.2, 0.25) is 0 Å². The largest absolute Gasteiger partial charge is 0.506 e. The number of aromatic hydroxyl groups is 1. The first-order valence-electron chi connectivity index (χ1n) is 8.18. The van der Waals surface area contributed by atoms with Gasteiger partial charge in [0.1, 0.15) is 5.75 Å². The predicted octanol–water partition coefficient (Wildman–Crippen LogP) is 5.23. The van der Waals surface area contributed by atoms with E-state index in [2.05, 4.69) is 10.3 Å². The minimum atomic E-state index is -0.374. The summed E-state index contributed by atoms with van der Waals surface area (Å²) in [4.78, 5) is 18.2. The number of nitrogens with one attached hydrogen (secondary N) is 1. The zero-order chi connectivity index (χ0) is 18.1. The molecule has 0 aliphatic heterocycles. The van der Waals surface area contributed by atoms with Crippen LogP contribution < -0.4 is 5.32 Å². The monoisotopic (exact) mass is 360 g/mol. The average molecular weight is 360 g/mol. The molecule has 4 aromatic rings. The number of aryl methyl sites for hydroxylation is 1. The molecule has 0 saturated heterocycles. The number of benzene rings is 3. The van der Waals surface area contributed by atoms with Crippen LogP contribution >= 0.6 is 11.3 Å². The topological polar surface area (TPSA) is 62.2 Å². The van der Waals surface area contributed by atoms with Crippen molar-refractivity contribution in [2.24, 2.45) is 0 Å². The molecule has 1 amide bonds. The highest BCUT2D eigenvalue weighted by atomic mass is 32.1. The fraction of sp³-hybridized carbons (Fsp3) is 0.0476. The molecule has 2 N–H and O–H groups in total. The van der Waals surface area contributed by atoms with Gasteiger partial charge in [-0.25, -0.2) is 4.98 Å². The van der Waals surface area contributed by atoms with Gasteiger partial charge in [-0.3, -0.25) is 10.1 Å². The number of phenols is 1. The van der Waals surface area contributed by atoms with E-state index in [1.165, 1.54) is 11.3 Å². The number of thiazole rings is 1. The maximum absolute atomic E-state index is 12.6. The Hall–Kier alpha value is -3.18. The van der Waals surface area contributed by atoms with E-state index in [0.29, 0.717) is 10.5 Å². The lowest BCUT2D eigenvalue weighted by Gasteiger charge is -2.07. The summed E-state index contributed by atoms with van der Waals surface area (Å²) in [5, 5.41) is 15.3. The average Bonchev–Trinajstić information content (AvgIpc) is 3.03. The molecule has 128 valence electrons. The van der Waals surface area contributed by atoms with Gasteiger partial charge in [0.15, 0.2) is 5.13 Å². The van der Waals surface area contributed by atoms with Crippen molar-refractivity contribution < 1.29 is 9.90 Å². The number of carbonyl (C=O) groups excluding carboxylic acids is 1. The highest BCUT2D eigenvalue weighted by Crippen LogP contribution is 2.32. The SMILES string of the molecule is Cc1sc(NC(=O)c2ccc3ccccc3c2O)nc1-c1ccccc1. The van der Waals surface area contributed by atoms with E-state index in [-0.39, 0.29) is 17.2 Å². The Morgan fingerprint density at radius 3 is 2.54 bits per heavy atom. The third kappa shape index (κ3) is 2.93. The van der Waals surface area contributed by atoms with Crippen molar-refractivity contribution in [3.05, 3.63) is 77.2 Å². The summed E-state index contributed by atoms with van der Waals surface area (Å²) in [5.41, 5.74) is 2.10. The molecule has 1 aromatic heterocycles. The maximum atomic E-state index is 12.6. The third-order valence-electron chi connectivity index (χ3n) is 4.21. The Kier molecular flexibility index (Phi) is 4.14. The van der Waals surface area contributed by atoms with Gasteiger partial charge in [-0.2, -0.15) is 0 Å². The van der Waals surface area contributed by atoms with Gasteiger partial charge in [-0.1, -0.05) is 60.7 Å². The van der Waals surface area contributed by atoms with Gasteiger partial charge in [0, 0.05) is 15.8 Å². The van der Waals surface area contributed by atoms with Crippen LogP contribution in [0.5, 0.6) is 5.75 Å². The molecule has 0 aliphatic carbocycles. The number of rotatable bonds is 3. The number of phenolic OH excluding ortho intramolecular Hbond substituents is 1. The number of aromatic nitrogens is 1. The van der Waals surface area contributed by atoms with E-state index in [1.807, 2.05) is 61.5 Å². The molecule has 4 rings (SSSR count). The van der Waals surface area contributed by atoms with Gasteiger partial charge in [0.25, 0.3) is 5.91 Å². The van der Waals surface area contributed by atoms with Gasteiger partial charge in [-0.05, 0) is 18.4 Å². The Morgan fingerprint density at radius 2 is 1.73 bits per heavy atom. The molecule has 0 bridgehead atoms. The van der Waals surface area contributed by atoms with Crippen LogP contribution in [-0.2, 0) is 0 Å². The molecular weight excluding hydrogens is 344 g/mol. The molecule has 26 heavy (non-hydrogen) atoms. The Labute approximate surface area is 154 Å². The second-order valence-corrected chi connectivity index (χ2v) is 7.13. The number of hydrogen-bond donors (Lipinski definition) is 2. The van der Waals surface area contributed by atoms with Crippen molar-refractivity contribution in [1.29, 1.82) is 0 Å². The van der Waals surface area contributed by atoms with Crippen molar-refractivity contribution in [1.82, 2.24) is 4.98 Å². The van der Waals surface area contributed by atoms with Crippen LogP contribution in [0.3, 0.4) is 0 Å². The van der Waals surface area contributed by atoms with Gasteiger partial charge in [0.05, 0.1) is 11.3 Å². The summed E-state index contributed by atoms with van der Waals surface area (Å²) in [6.45, 7) is 1.98. The summed E-state index contributed by atoms with van der Waals surface area (Å²) in [5.74, 6) is -0.390.